The first-order chi connectivity index (χ1) is 8.63. The Bertz CT molecular complexity index is 434. The standard InChI is InChI=1S/C12H19N5O/c1-16(2)9-4-6-17(8-9)12(18)10-3-5-14-7-11(10)15-13/h3,5,7,9,15H,4,6,8,13H2,1-2H3. The van der Waals surface area contributed by atoms with E-state index >= 15 is 0 Å². The van der Waals surface area contributed by atoms with E-state index in [4.69, 9.17) is 5.84 Å². The molecule has 1 aromatic heterocycles. The van der Waals surface area contributed by atoms with E-state index in [1.165, 1.54) is 0 Å². The van der Waals surface area contributed by atoms with Crippen LogP contribution in [-0.2, 0) is 0 Å². The fraction of sp³-hybridized carbons (Fsp3) is 0.500. The van der Waals surface area contributed by atoms with Crippen LogP contribution in [0.1, 0.15) is 16.8 Å². The summed E-state index contributed by atoms with van der Waals surface area (Å²) in [6, 6.07) is 2.13. The average Bonchev–Trinajstić information content (AvgIpc) is 2.87. The van der Waals surface area contributed by atoms with Gasteiger partial charge in [-0.15, -0.1) is 0 Å². The number of nitrogens with one attached hydrogen (secondary N) is 1. The Kier molecular flexibility index (Phi) is 3.78. The molecular formula is C12H19N5O. The Balaban J connectivity index is 2.13. The van der Waals surface area contributed by atoms with Crippen LogP contribution in [0.2, 0.25) is 0 Å². The van der Waals surface area contributed by atoms with E-state index < -0.39 is 0 Å². The smallest absolute Gasteiger partial charge is 0.256 e. The molecule has 1 aromatic rings. The molecule has 1 amide bonds. The predicted octanol–water partition coefficient (Wildman–Crippen LogP) is 0.143. The van der Waals surface area contributed by atoms with Crippen LogP contribution in [0.5, 0.6) is 0 Å². The fourth-order valence-corrected chi connectivity index (χ4v) is 2.21. The molecule has 1 aliphatic rings. The van der Waals surface area contributed by atoms with Gasteiger partial charge in [-0.25, -0.2) is 0 Å². The molecule has 18 heavy (non-hydrogen) atoms. The number of likely N-dealkylation sites (tertiary alicyclic amines) is 1. The van der Waals surface area contributed by atoms with Gasteiger partial charge in [0, 0.05) is 25.3 Å². The number of carbonyl (C=O) groups is 1. The highest BCUT2D eigenvalue weighted by Crippen LogP contribution is 2.19. The average molecular weight is 249 g/mol. The van der Waals surface area contributed by atoms with E-state index in [9.17, 15) is 4.79 Å². The molecule has 1 aliphatic heterocycles. The van der Waals surface area contributed by atoms with Crippen LogP contribution >= 0.6 is 0 Å². The third-order valence-electron chi connectivity index (χ3n) is 3.39. The van der Waals surface area contributed by atoms with Gasteiger partial charge in [-0.2, -0.15) is 0 Å². The van der Waals surface area contributed by atoms with Gasteiger partial charge in [-0.1, -0.05) is 0 Å². The third kappa shape index (κ3) is 2.44. The van der Waals surface area contributed by atoms with E-state index in [0.29, 0.717) is 17.3 Å². The summed E-state index contributed by atoms with van der Waals surface area (Å²) in [7, 11) is 4.08. The van der Waals surface area contributed by atoms with E-state index in [0.717, 1.165) is 19.5 Å². The van der Waals surface area contributed by atoms with Crippen molar-refractivity contribution in [1.82, 2.24) is 14.8 Å². The lowest BCUT2D eigenvalue weighted by molar-refractivity contribution is 0.0784. The van der Waals surface area contributed by atoms with E-state index in [1.54, 1.807) is 18.5 Å². The zero-order chi connectivity index (χ0) is 13.1. The first-order valence-electron chi connectivity index (χ1n) is 6.00. The second-order valence-corrected chi connectivity index (χ2v) is 4.72. The predicted molar refractivity (Wildman–Crippen MR) is 70.0 cm³/mol. The second-order valence-electron chi connectivity index (χ2n) is 4.72. The molecule has 98 valence electrons. The van der Waals surface area contributed by atoms with Gasteiger partial charge < -0.3 is 15.2 Å². The topological polar surface area (TPSA) is 74.5 Å². The second kappa shape index (κ2) is 5.32. The molecule has 0 saturated carbocycles. The summed E-state index contributed by atoms with van der Waals surface area (Å²) >= 11 is 0. The number of hydrazine groups is 1. The van der Waals surface area contributed by atoms with Gasteiger partial charge in [-0.05, 0) is 26.6 Å². The molecule has 1 atom stereocenters. The first-order valence-corrected chi connectivity index (χ1v) is 6.00. The van der Waals surface area contributed by atoms with Crippen molar-refractivity contribution in [3.05, 3.63) is 24.0 Å². The molecule has 0 bridgehead atoms. The van der Waals surface area contributed by atoms with Crippen molar-refractivity contribution < 1.29 is 4.79 Å². The minimum atomic E-state index is 0.00898. The Hall–Kier alpha value is -1.66. The van der Waals surface area contributed by atoms with Gasteiger partial charge in [0.15, 0.2) is 0 Å². The number of nitrogen functional groups attached to an aromatic ring is 1. The van der Waals surface area contributed by atoms with Gasteiger partial charge >= 0.3 is 0 Å². The Morgan fingerprint density at radius 3 is 3.00 bits per heavy atom. The van der Waals surface area contributed by atoms with Gasteiger partial charge in [0.1, 0.15) is 0 Å². The maximum Gasteiger partial charge on any atom is 0.256 e. The van der Waals surface area contributed by atoms with Gasteiger partial charge in [-0.3, -0.25) is 15.6 Å². The lowest BCUT2D eigenvalue weighted by Crippen LogP contribution is -2.34. The molecule has 0 spiro atoms. The molecule has 3 N–H and O–H groups in total. The molecule has 1 fully saturated rings. The normalized spacial score (nSPS) is 19.3. The summed E-state index contributed by atoms with van der Waals surface area (Å²) < 4.78 is 0. The lowest BCUT2D eigenvalue weighted by Gasteiger charge is -2.21. The minimum Gasteiger partial charge on any atom is -0.337 e. The van der Waals surface area contributed by atoms with Crippen LogP contribution in [0.3, 0.4) is 0 Å². The summed E-state index contributed by atoms with van der Waals surface area (Å²) in [5, 5.41) is 0. The molecule has 2 rings (SSSR count). The first kappa shape index (κ1) is 12.8. The largest absolute Gasteiger partial charge is 0.337 e. The highest BCUT2D eigenvalue weighted by Gasteiger charge is 2.28. The Labute approximate surface area is 107 Å². The van der Waals surface area contributed by atoms with E-state index in [2.05, 4.69) is 15.3 Å². The number of carbonyl (C=O) groups excluding carboxylic acids is 1. The fourth-order valence-electron chi connectivity index (χ4n) is 2.21. The monoisotopic (exact) mass is 249 g/mol. The number of hydrogen-bond donors (Lipinski definition) is 2. The van der Waals surface area contributed by atoms with Crippen molar-refractivity contribution in [1.29, 1.82) is 0 Å². The maximum atomic E-state index is 12.4. The zero-order valence-corrected chi connectivity index (χ0v) is 10.8. The van der Waals surface area contributed by atoms with Crippen LogP contribution in [0.15, 0.2) is 18.5 Å². The number of pyridine rings is 1. The SMILES string of the molecule is CN(C)C1CCN(C(=O)c2ccncc2NN)C1. The Morgan fingerprint density at radius 2 is 2.39 bits per heavy atom. The molecule has 6 nitrogen and oxygen atoms in total. The van der Waals surface area contributed by atoms with Crippen LogP contribution < -0.4 is 11.3 Å². The minimum absolute atomic E-state index is 0.00898. The molecule has 1 unspecified atom stereocenters. The number of aromatic nitrogens is 1. The summed E-state index contributed by atoms with van der Waals surface area (Å²) in [6.07, 6.45) is 4.18. The van der Waals surface area contributed by atoms with Crippen molar-refractivity contribution in [2.45, 2.75) is 12.5 Å². The summed E-state index contributed by atoms with van der Waals surface area (Å²) in [4.78, 5) is 20.3. The maximum absolute atomic E-state index is 12.4. The number of nitrogens with zero attached hydrogens (tertiary/aromatic N) is 3. The number of rotatable bonds is 3. The Morgan fingerprint density at radius 1 is 1.61 bits per heavy atom. The van der Waals surface area contributed by atoms with Crippen LogP contribution in [0, 0.1) is 0 Å². The van der Waals surface area contributed by atoms with Crippen molar-refractivity contribution in [3.63, 3.8) is 0 Å². The van der Waals surface area contributed by atoms with Crippen molar-refractivity contribution in [2.24, 2.45) is 5.84 Å². The summed E-state index contributed by atoms with van der Waals surface area (Å²) in [5.41, 5.74) is 3.65. The van der Waals surface area contributed by atoms with Gasteiger partial charge in [0.2, 0.25) is 0 Å². The third-order valence-corrected chi connectivity index (χ3v) is 3.39. The van der Waals surface area contributed by atoms with Gasteiger partial charge in [0.25, 0.3) is 5.91 Å². The number of likely N-dealkylation sites (N-methyl/N-ethyl adjacent to an activating group) is 1. The highest BCUT2D eigenvalue weighted by molar-refractivity contribution is 5.99. The number of amides is 1. The zero-order valence-electron chi connectivity index (χ0n) is 10.8. The quantitative estimate of drug-likeness (QED) is 0.589. The molecule has 0 radical (unpaired) electrons. The number of nitrogens with two attached hydrogens (primary N) is 1. The molecule has 1 saturated heterocycles. The van der Waals surface area contributed by atoms with Crippen molar-refractivity contribution >= 4 is 11.6 Å². The van der Waals surface area contributed by atoms with Gasteiger partial charge in [0.05, 0.1) is 17.4 Å². The summed E-state index contributed by atoms with van der Waals surface area (Å²) in [6.45, 7) is 1.55. The number of hydrogen-bond acceptors (Lipinski definition) is 5. The molecule has 0 aromatic carbocycles. The number of anilines is 1. The molecular weight excluding hydrogens is 230 g/mol. The van der Waals surface area contributed by atoms with Crippen LogP contribution in [0.4, 0.5) is 5.69 Å². The van der Waals surface area contributed by atoms with Crippen LogP contribution in [-0.4, -0.2) is 53.9 Å². The van der Waals surface area contributed by atoms with E-state index in [-0.39, 0.29) is 5.91 Å². The molecule has 2 heterocycles. The van der Waals surface area contributed by atoms with Crippen molar-refractivity contribution in [2.75, 3.05) is 32.6 Å². The molecule has 6 heteroatoms. The van der Waals surface area contributed by atoms with E-state index in [1.807, 2.05) is 19.0 Å². The van der Waals surface area contributed by atoms with Crippen LogP contribution in [0.25, 0.3) is 0 Å². The van der Waals surface area contributed by atoms with Crippen molar-refractivity contribution in [3.8, 4) is 0 Å². The molecule has 0 aliphatic carbocycles. The summed E-state index contributed by atoms with van der Waals surface area (Å²) in [5.74, 6) is 5.40. The highest BCUT2D eigenvalue weighted by atomic mass is 16.2. The lowest BCUT2D eigenvalue weighted by atomic mass is 10.2.